The Morgan fingerprint density at radius 2 is 1.47 bits per heavy atom. The van der Waals surface area contributed by atoms with E-state index in [1.807, 2.05) is 0 Å². The minimum atomic E-state index is -3.75. The van der Waals surface area contributed by atoms with Crippen LogP contribution in [0.25, 0.3) is 0 Å². The fourth-order valence-corrected chi connectivity index (χ4v) is 8.85. The maximum Gasteiger partial charge on any atom is 0.218 e. The van der Waals surface area contributed by atoms with E-state index >= 15 is 0 Å². The van der Waals surface area contributed by atoms with E-state index in [9.17, 15) is 25.3 Å². The normalized spacial score (nSPS) is 33.8. The van der Waals surface area contributed by atoms with Crippen molar-refractivity contribution < 1.29 is 25.3 Å². The molecule has 2 aliphatic heterocycles. The molecular weight excluding hydrogens is 314 g/mol. The van der Waals surface area contributed by atoms with E-state index in [1.165, 1.54) is 7.05 Å². The predicted octanol–water partition coefficient (Wildman–Crippen LogP) is -1.38. The highest BCUT2D eigenvalue weighted by Gasteiger charge is 2.43. The number of sulfone groups is 2. The number of hydrogen-bond donors (Lipinski definition) is 0. The molecule has 2 unspecified atom stereocenters. The molecule has 2 rings (SSSR count). The van der Waals surface area contributed by atoms with Crippen LogP contribution in [-0.2, 0) is 29.7 Å². The van der Waals surface area contributed by atoms with Gasteiger partial charge in [-0.05, 0) is 12.8 Å². The van der Waals surface area contributed by atoms with Gasteiger partial charge >= 0.3 is 0 Å². The van der Waals surface area contributed by atoms with Crippen LogP contribution in [0.3, 0.4) is 0 Å². The summed E-state index contributed by atoms with van der Waals surface area (Å²) < 4.78 is 71.1. The Morgan fingerprint density at radius 1 is 0.947 bits per heavy atom. The van der Waals surface area contributed by atoms with Crippen LogP contribution >= 0.6 is 0 Å². The van der Waals surface area contributed by atoms with Gasteiger partial charge in [0.1, 0.15) is 0 Å². The van der Waals surface area contributed by atoms with Gasteiger partial charge in [-0.25, -0.2) is 29.6 Å². The summed E-state index contributed by atoms with van der Waals surface area (Å²) in [6.07, 6.45) is 0.367. The molecule has 0 aliphatic carbocycles. The van der Waals surface area contributed by atoms with Gasteiger partial charge in [-0.2, -0.15) is 0 Å². The first-order valence-electron chi connectivity index (χ1n) is 5.91. The summed E-state index contributed by atoms with van der Waals surface area (Å²) in [5, 5.41) is -0.939. The maximum absolute atomic E-state index is 12.3. The molecule has 0 N–H and O–H groups in total. The van der Waals surface area contributed by atoms with E-state index in [0.717, 1.165) is 4.31 Å². The summed E-state index contributed by atoms with van der Waals surface area (Å²) >= 11 is 0. The SMILES string of the molecule is CN(C1CCS(=O)(=O)C1)S(=O)(=O)C1CCS(=O)(=O)C1. The monoisotopic (exact) mass is 331 g/mol. The van der Waals surface area contributed by atoms with Crippen LogP contribution in [0.4, 0.5) is 0 Å². The van der Waals surface area contributed by atoms with Gasteiger partial charge in [0, 0.05) is 13.1 Å². The minimum Gasteiger partial charge on any atom is -0.229 e. The van der Waals surface area contributed by atoms with Crippen molar-refractivity contribution in [3.8, 4) is 0 Å². The summed E-state index contributed by atoms with van der Waals surface area (Å²) in [7, 11) is -8.87. The van der Waals surface area contributed by atoms with E-state index in [0.29, 0.717) is 0 Å². The molecule has 0 amide bonds. The van der Waals surface area contributed by atoms with Crippen molar-refractivity contribution in [1.29, 1.82) is 0 Å². The summed E-state index contributed by atoms with van der Waals surface area (Å²) in [5.41, 5.74) is 0. The quantitative estimate of drug-likeness (QED) is 0.631. The first-order chi connectivity index (χ1) is 8.54. The molecule has 0 aromatic rings. The molecule has 112 valence electrons. The Morgan fingerprint density at radius 3 is 1.89 bits per heavy atom. The lowest BCUT2D eigenvalue weighted by Crippen LogP contribution is -2.43. The van der Waals surface area contributed by atoms with Gasteiger partial charge in [-0.15, -0.1) is 0 Å². The third kappa shape index (κ3) is 3.11. The molecular formula is C9H17NO6S3. The summed E-state index contributed by atoms with van der Waals surface area (Å²) in [6, 6.07) is -0.571. The van der Waals surface area contributed by atoms with Crippen LogP contribution in [0.15, 0.2) is 0 Å². The van der Waals surface area contributed by atoms with Gasteiger partial charge in [-0.3, -0.25) is 0 Å². The second-order valence-electron chi connectivity index (χ2n) is 5.14. The molecule has 0 spiro atoms. The van der Waals surface area contributed by atoms with Crippen LogP contribution in [0.2, 0.25) is 0 Å². The van der Waals surface area contributed by atoms with Gasteiger partial charge < -0.3 is 0 Å². The highest BCUT2D eigenvalue weighted by atomic mass is 32.2. The van der Waals surface area contributed by atoms with Crippen LogP contribution in [-0.4, -0.2) is 70.9 Å². The zero-order valence-corrected chi connectivity index (χ0v) is 13.0. The molecule has 2 heterocycles. The Labute approximate surface area is 113 Å². The number of rotatable bonds is 3. The third-order valence-electron chi connectivity index (χ3n) is 3.74. The van der Waals surface area contributed by atoms with Crippen molar-refractivity contribution >= 4 is 29.7 Å². The highest BCUT2D eigenvalue weighted by Crippen LogP contribution is 2.26. The Bertz CT molecular complexity index is 663. The molecule has 2 saturated heterocycles. The predicted molar refractivity (Wildman–Crippen MR) is 70.8 cm³/mol. The standard InChI is InChI=1S/C9H17NO6S3/c1-10(8-2-4-17(11,12)6-8)19(15,16)9-3-5-18(13,14)7-9/h8-9H,2-7H2,1H3. The molecule has 0 aromatic heterocycles. The molecule has 2 fully saturated rings. The molecule has 2 aliphatic rings. The average Bonchev–Trinajstić information content (AvgIpc) is 2.80. The molecule has 10 heteroatoms. The van der Waals surface area contributed by atoms with E-state index in [2.05, 4.69) is 0 Å². The lowest BCUT2D eigenvalue weighted by atomic mass is 10.3. The van der Waals surface area contributed by atoms with Gasteiger partial charge in [-0.1, -0.05) is 0 Å². The lowest BCUT2D eigenvalue weighted by molar-refractivity contribution is 0.388. The van der Waals surface area contributed by atoms with E-state index in [-0.39, 0.29) is 35.9 Å². The zero-order chi connectivity index (χ0) is 14.5. The first-order valence-corrected chi connectivity index (χ1v) is 11.1. The van der Waals surface area contributed by atoms with Gasteiger partial charge in [0.05, 0.1) is 28.3 Å². The molecule has 0 aromatic carbocycles. The number of hydrogen-bond acceptors (Lipinski definition) is 6. The Balaban J connectivity index is 2.17. The fraction of sp³-hybridized carbons (Fsp3) is 1.00. The van der Waals surface area contributed by atoms with Gasteiger partial charge in [0.25, 0.3) is 0 Å². The highest BCUT2D eigenvalue weighted by molar-refractivity contribution is 7.95. The van der Waals surface area contributed by atoms with Crippen LogP contribution < -0.4 is 0 Å². The van der Waals surface area contributed by atoms with Crippen molar-refractivity contribution in [3.63, 3.8) is 0 Å². The van der Waals surface area contributed by atoms with Gasteiger partial charge in [0.15, 0.2) is 19.7 Å². The van der Waals surface area contributed by atoms with E-state index in [1.54, 1.807) is 0 Å². The van der Waals surface area contributed by atoms with Crippen LogP contribution in [0.1, 0.15) is 12.8 Å². The van der Waals surface area contributed by atoms with Crippen LogP contribution in [0.5, 0.6) is 0 Å². The number of sulfonamides is 1. The van der Waals surface area contributed by atoms with Crippen LogP contribution in [0, 0.1) is 0 Å². The topological polar surface area (TPSA) is 106 Å². The zero-order valence-electron chi connectivity index (χ0n) is 10.5. The van der Waals surface area contributed by atoms with Crippen molar-refractivity contribution in [1.82, 2.24) is 4.31 Å². The summed E-state index contributed by atoms with van der Waals surface area (Å²) in [6.45, 7) is 0. The Hall–Kier alpha value is -0.190. The second kappa shape index (κ2) is 4.68. The lowest BCUT2D eigenvalue weighted by Gasteiger charge is -2.25. The molecule has 19 heavy (non-hydrogen) atoms. The van der Waals surface area contributed by atoms with Crippen molar-refractivity contribution in [3.05, 3.63) is 0 Å². The minimum absolute atomic E-state index is 0.0134. The molecule has 0 saturated carbocycles. The fourth-order valence-electron chi connectivity index (χ4n) is 2.50. The molecule has 0 radical (unpaired) electrons. The van der Waals surface area contributed by atoms with Crippen molar-refractivity contribution in [2.45, 2.75) is 24.1 Å². The Kier molecular flexibility index (Phi) is 3.74. The van der Waals surface area contributed by atoms with Crippen molar-refractivity contribution in [2.24, 2.45) is 0 Å². The first kappa shape index (κ1) is 15.2. The maximum atomic E-state index is 12.3. The average molecular weight is 331 g/mol. The van der Waals surface area contributed by atoms with E-state index in [4.69, 9.17) is 0 Å². The molecule has 0 bridgehead atoms. The molecule has 2 atom stereocenters. The largest absolute Gasteiger partial charge is 0.229 e. The molecule has 7 nitrogen and oxygen atoms in total. The summed E-state index contributed by atoms with van der Waals surface area (Å²) in [5.74, 6) is -0.671. The van der Waals surface area contributed by atoms with Gasteiger partial charge in [0.2, 0.25) is 10.0 Å². The van der Waals surface area contributed by atoms with Crippen molar-refractivity contribution in [2.75, 3.05) is 30.1 Å². The number of nitrogens with zero attached hydrogens (tertiary/aromatic N) is 1. The second-order valence-corrected chi connectivity index (χ2v) is 11.9. The smallest absolute Gasteiger partial charge is 0.218 e. The third-order valence-corrected chi connectivity index (χ3v) is 9.81. The van der Waals surface area contributed by atoms with E-state index < -0.39 is 41.0 Å². The summed E-state index contributed by atoms with van der Waals surface area (Å²) in [4.78, 5) is 0.